The minimum atomic E-state index is -0.463. The third kappa shape index (κ3) is 4.05. The van der Waals surface area contributed by atoms with Crippen molar-refractivity contribution < 1.29 is 9.53 Å². The van der Waals surface area contributed by atoms with Crippen molar-refractivity contribution in [3.8, 4) is 0 Å². The molecule has 0 spiro atoms. The quantitative estimate of drug-likeness (QED) is 0.546. The maximum absolute atomic E-state index is 12.1. The summed E-state index contributed by atoms with van der Waals surface area (Å²) in [6, 6.07) is 12.8. The predicted octanol–water partition coefficient (Wildman–Crippen LogP) is 5.54. The second-order valence-electron chi connectivity index (χ2n) is 7.73. The predicted molar refractivity (Wildman–Crippen MR) is 99.9 cm³/mol. The van der Waals surface area contributed by atoms with E-state index in [1.165, 1.54) is 35.6 Å². The highest BCUT2D eigenvalue weighted by atomic mass is 16.6. The maximum atomic E-state index is 12.1. The van der Waals surface area contributed by atoms with Crippen molar-refractivity contribution >= 4 is 22.8 Å². The van der Waals surface area contributed by atoms with Crippen molar-refractivity contribution in [2.24, 2.45) is 5.92 Å². The van der Waals surface area contributed by atoms with Gasteiger partial charge in [0.15, 0.2) is 0 Å². The molecule has 0 N–H and O–H groups in total. The van der Waals surface area contributed by atoms with Gasteiger partial charge in [0.25, 0.3) is 0 Å². The van der Waals surface area contributed by atoms with E-state index in [1.807, 2.05) is 26.8 Å². The van der Waals surface area contributed by atoms with Gasteiger partial charge in [-0.3, -0.25) is 0 Å². The monoisotopic (exact) mass is 322 g/mol. The van der Waals surface area contributed by atoms with Crippen molar-refractivity contribution in [2.75, 3.05) is 0 Å². The van der Waals surface area contributed by atoms with E-state index in [4.69, 9.17) is 4.74 Å². The zero-order valence-corrected chi connectivity index (χ0v) is 14.8. The van der Waals surface area contributed by atoms with E-state index in [2.05, 4.69) is 36.4 Å². The van der Waals surface area contributed by atoms with Gasteiger partial charge in [0, 0.05) is 6.08 Å². The number of benzene rings is 2. The Labute approximate surface area is 144 Å². The Balaban J connectivity index is 1.93. The smallest absolute Gasteiger partial charge is 0.331 e. The zero-order valence-electron chi connectivity index (χ0n) is 14.8. The fourth-order valence-corrected chi connectivity index (χ4v) is 3.21. The third-order valence-electron chi connectivity index (χ3n) is 4.59. The zero-order chi connectivity index (χ0) is 17.2. The van der Waals surface area contributed by atoms with E-state index in [0.29, 0.717) is 0 Å². The Bertz CT molecular complexity index is 761. The van der Waals surface area contributed by atoms with Gasteiger partial charge in [-0.25, -0.2) is 4.79 Å². The van der Waals surface area contributed by atoms with Crippen LogP contribution in [-0.2, 0) is 16.0 Å². The minimum Gasteiger partial charge on any atom is -0.457 e. The van der Waals surface area contributed by atoms with Gasteiger partial charge in [-0.15, -0.1) is 0 Å². The number of esters is 1. The molecule has 0 unspecified atom stereocenters. The average molecular weight is 322 g/mol. The van der Waals surface area contributed by atoms with Crippen molar-refractivity contribution in [1.82, 2.24) is 0 Å². The molecule has 0 aliphatic heterocycles. The molecule has 1 saturated carbocycles. The van der Waals surface area contributed by atoms with E-state index in [-0.39, 0.29) is 5.97 Å². The van der Waals surface area contributed by atoms with E-state index >= 15 is 0 Å². The topological polar surface area (TPSA) is 26.3 Å². The first kappa shape index (κ1) is 16.8. The van der Waals surface area contributed by atoms with Gasteiger partial charge in [-0.1, -0.05) is 55.7 Å². The number of hydrogen-bond acceptors (Lipinski definition) is 2. The van der Waals surface area contributed by atoms with Crippen LogP contribution in [0.25, 0.3) is 16.8 Å². The summed E-state index contributed by atoms with van der Waals surface area (Å²) in [6.45, 7) is 5.66. The average Bonchev–Trinajstić information content (AvgIpc) is 2.47. The first-order valence-corrected chi connectivity index (χ1v) is 8.84. The van der Waals surface area contributed by atoms with Crippen LogP contribution in [0, 0.1) is 5.92 Å². The number of carbonyl (C=O) groups excluding carboxylic acids is 1. The molecule has 0 amide bonds. The molecule has 126 valence electrons. The molecule has 2 heteroatoms. The second kappa shape index (κ2) is 6.80. The van der Waals surface area contributed by atoms with Gasteiger partial charge in [-0.2, -0.15) is 0 Å². The molecule has 2 aromatic rings. The van der Waals surface area contributed by atoms with Crippen LogP contribution < -0.4 is 0 Å². The van der Waals surface area contributed by atoms with Gasteiger partial charge in [-0.05, 0) is 61.1 Å². The molecule has 0 atom stereocenters. The fraction of sp³-hybridized carbons (Fsp3) is 0.409. The molecule has 1 aliphatic rings. The summed E-state index contributed by atoms with van der Waals surface area (Å²) in [4.78, 5) is 12.1. The van der Waals surface area contributed by atoms with E-state index in [9.17, 15) is 4.79 Å². The lowest BCUT2D eigenvalue weighted by molar-refractivity contribution is -0.148. The summed E-state index contributed by atoms with van der Waals surface area (Å²) in [6.07, 6.45) is 8.59. The van der Waals surface area contributed by atoms with Crippen molar-refractivity contribution in [3.05, 3.63) is 53.6 Å². The van der Waals surface area contributed by atoms with Crippen LogP contribution in [0.5, 0.6) is 0 Å². The summed E-state index contributed by atoms with van der Waals surface area (Å²) in [5.74, 6) is 0.505. The normalized spacial score (nSPS) is 15.6. The highest BCUT2D eigenvalue weighted by molar-refractivity contribution is 5.96. The number of carbonyl (C=O) groups is 1. The number of rotatable bonds is 4. The summed E-state index contributed by atoms with van der Waals surface area (Å²) in [5.41, 5.74) is 2.03. The van der Waals surface area contributed by atoms with Gasteiger partial charge in [0.2, 0.25) is 0 Å². The molecular weight excluding hydrogens is 296 g/mol. The molecule has 2 nitrogen and oxygen atoms in total. The molecule has 3 rings (SSSR count). The molecule has 1 fully saturated rings. The third-order valence-corrected chi connectivity index (χ3v) is 4.59. The lowest BCUT2D eigenvalue weighted by Crippen LogP contribution is -2.22. The first-order chi connectivity index (χ1) is 11.4. The summed E-state index contributed by atoms with van der Waals surface area (Å²) in [7, 11) is 0. The molecular formula is C22H26O2. The summed E-state index contributed by atoms with van der Waals surface area (Å²) < 4.78 is 5.40. The fourth-order valence-electron chi connectivity index (χ4n) is 3.21. The van der Waals surface area contributed by atoms with Gasteiger partial charge >= 0.3 is 5.97 Å². The molecule has 0 saturated heterocycles. The summed E-state index contributed by atoms with van der Waals surface area (Å²) in [5, 5.41) is 2.41. The highest BCUT2D eigenvalue weighted by Gasteiger charge is 2.19. The van der Waals surface area contributed by atoms with Crippen LogP contribution >= 0.6 is 0 Å². The summed E-state index contributed by atoms with van der Waals surface area (Å²) >= 11 is 0. The molecule has 0 heterocycles. The van der Waals surface area contributed by atoms with Gasteiger partial charge < -0.3 is 4.74 Å². The van der Waals surface area contributed by atoms with Crippen LogP contribution in [-0.4, -0.2) is 11.6 Å². The van der Waals surface area contributed by atoms with Crippen LogP contribution in [0.2, 0.25) is 0 Å². The van der Waals surface area contributed by atoms with E-state index < -0.39 is 5.60 Å². The largest absolute Gasteiger partial charge is 0.457 e. The maximum Gasteiger partial charge on any atom is 0.331 e. The van der Waals surface area contributed by atoms with Gasteiger partial charge in [0.05, 0.1) is 0 Å². The van der Waals surface area contributed by atoms with Gasteiger partial charge in [0.1, 0.15) is 5.60 Å². The SMILES string of the molecule is CC(C)(C)OC(=O)/C=C/c1c(CC2CCC2)ccc2ccccc12. The Morgan fingerprint density at radius 3 is 2.58 bits per heavy atom. The molecule has 0 aromatic heterocycles. The molecule has 0 radical (unpaired) electrons. The Hall–Kier alpha value is -2.09. The highest BCUT2D eigenvalue weighted by Crippen LogP contribution is 2.33. The van der Waals surface area contributed by atoms with Crippen LogP contribution in [0.1, 0.15) is 51.2 Å². The molecule has 24 heavy (non-hydrogen) atoms. The standard InChI is InChI=1S/C22H26O2/c1-22(2,3)24-21(23)14-13-20-18(15-16-7-6-8-16)12-11-17-9-4-5-10-19(17)20/h4-5,9-14,16H,6-8,15H2,1-3H3/b14-13+. The minimum absolute atomic E-state index is 0.287. The molecule has 1 aliphatic carbocycles. The number of ether oxygens (including phenoxy) is 1. The number of fused-ring (bicyclic) bond motifs is 1. The molecule has 0 bridgehead atoms. The van der Waals surface area contributed by atoms with Crippen molar-refractivity contribution in [3.63, 3.8) is 0 Å². The Morgan fingerprint density at radius 1 is 1.17 bits per heavy atom. The van der Waals surface area contributed by atoms with Crippen LogP contribution in [0.4, 0.5) is 0 Å². The lowest BCUT2D eigenvalue weighted by Gasteiger charge is -2.26. The molecule has 2 aromatic carbocycles. The van der Waals surface area contributed by atoms with Crippen LogP contribution in [0.15, 0.2) is 42.5 Å². The van der Waals surface area contributed by atoms with E-state index in [0.717, 1.165) is 17.9 Å². The first-order valence-electron chi connectivity index (χ1n) is 8.84. The van der Waals surface area contributed by atoms with E-state index in [1.54, 1.807) is 6.08 Å². The number of hydrogen-bond donors (Lipinski definition) is 0. The Kier molecular flexibility index (Phi) is 4.75. The Morgan fingerprint density at radius 2 is 1.92 bits per heavy atom. The van der Waals surface area contributed by atoms with Crippen molar-refractivity contribution in [1.29, 1.82) is 0 Å². The second-order valence-corrected chi connectivity index (χ2v) is 7.73. The lowest BCUT2D eigenvalue weighted by atomic mass is 9.79. The van der Waals surface area contributed by atoms with Crippen LogP contribution in [0.3, 0.4) is 0 Å². The van der Waals surface area contributed by atoms with Crippen molar-refractivity contribution in [2.45, 2.75) is 52.1 Å².